The molecule has 3 aromatic carbocycles. The van der Waals surface area contributed by atoms with E-state index in [2.05, 4.69) is 10.6 Å². The number of urea groups is 1. The molecule has 0 radical (unpaired) electrons. The van der Waals surface area contributed by atoms with Crippen LogP contribution < -0.4 is 35.0 Å². The van der Waals surface area contributed by atoms with Crippen molar-refractivity contribution >= 4 is 11.7 Å². The van der Waals surface area contributed by atoms with E-state index in [1.54, 1.807) is 33.3 Å². The van der Waals surface area contributed by atoms with Crippen LogP contribution in [-0.4, -0.2) is 34.5 Å². The lowest BCUT2D eigenvalue weighted by atomic mass is 9.95. The summed E-state index contributed by atoms with van der Waals surface area (Å²) < 4.78 is 35.7. The Kier molecular flexibility index (Phi) is 7.52. The van der Waals surface area contributed by atoms with Gasteiger partial charge in [0.05, 0.1) is 34.5 Å². The van der Waals surface area contributed by atoms with E-state index in [1.807, 2.05) is 6.07 Å². The zero-order valence-corrected chi connectivity index (χ0v) is 21.4. The number of hydrogen-bond donors (Lipinski definition) is 2. The molecule has 0 saturated heterocycles. The normalized spacial score (nSPS) is 13.9. The van der Waals surface area contributed by atoms with Gasteiger partial charge in [-0.15, -0.1) is 0 Å². The second-order valence-corrected chi connectivity index (χ2v) is 8.61. The molecule has 8 nitrogen and oxygen atoms in total. The van der Waals surface area contributed by atoms with Gasteiger partial charge in [0.15, 0.2) is 17.2 Å². The van der Waals surface area contributed by atoms with Crippen LogP contribution in [-0.2, 0) is 6.42 Å². The smallest absolute Gasteiger partial charge is 0.319 e. The third-order valence-electron chi connectivity index (χ3n) is 6.46. The number of carbonyl (C=O) groups is 1. The second kappa shape index (κ2) is 10.8. The van der Waals surface area contributed by atoms with E-state index in [1.165, 1.54) is 38.5 Å². The monoisotopic (exact) mass is 508 g/mol. The first-order valence-electron chi connectivity index (χ1n) is 11.7. The lowest BCUT2D eigenvalue weighted by Gasteiger charge is -2.20. The molecule has 1 aliphatic carbocycles. The van der Waals surface area contributed by atoms with Gasteiger partial charge >= 0.3 is 6.03 Å². The molecule has 0 aliphatic heterocycles. The minimum Gasteiger partial charge on any atom is -0.493 e. The van der Waals surface area contributed by atoms with E-state index < -0.39 is 12.1 Å². The molecule has 0 unspecified atom stereocenters. The topological polar surface area (TPSA) is 95.1 Å². The Morgan fingerprint density at radius 1 is 0.919 bits per heavy atom. The molecule has 0 fully saturated rings. The van der Waals surface area contributed by atoms with Gasteiger partial charge < -0.3 is 29.6 Å². The van der Waals surface area contributed by atoms with E-state index >= 15 is 0 Å². The van der Waals surface area contributed by atoms with Crippen LogP contribution in [0.25, 0.3) is 11.1 Å². The Morgan fingerprint density at radius 2 is 1.65 bits per heavy atom. The van der Waals surface area contributed by atoms with Crippen molar-refractivity contribution in [1.29, 1.82) is 0 Å². The SMILES string of the molecule is COc1cc2c(c(OC)c1OC)-c1ccc(OC)c(=O)cc1[C@@H](NC(=O)Nc1ccc(F)cc1C)CC2. The summed E-state index contributed by atoms with van der Waals surface area (Å²) in [5, 5.41) is 5.76. The predicted octanol–water partition coefficient (Wildman–Crippen LogP) is 5.00. The number of hydrogen-bond acceptors (Lipinski definition) is 6. The van der Waals surface area contributed by atoms with E-state index in [9.17, 15) is 14.0 Å². The maximum absolute atomic E-state index is 13.5. The number of amides is 2. The molecule has 0 saturated carbocycles. The highest BCUT2D eigenvalue weighted by atomic mass is 19.1. The maximum atomic E-state index is 13.5. The molecule has 0 aromatic heterocycles. The van der Waals surface area contributed by atoms with Gasteiger partial charge in [0.2, 0.25) is 11.2 Å². The van der Waals surface area contributed by atoms with E-state index in [-0.39, 0.29) is 17.0 Å². The van der Waals surface area contributed by atoms with Gasteiger partial charge in [-0.2, -0.15) is 0 Å². The van der Waals surface area contributed by atoms with Gasteiger partial charge in [-0.3, -0.25) is 4.79 Å². The maximum Gasteiger partial charge on any atom is 0.319 e. The van der Waals surface area contributed by atoms with Gasteiger partial charge in [0.25, 0.3) is 0 Å². The van der Waals surface area contributed by atoms with E-state index in [0.29, 0.717) is 52.5 Å². The van der Waals surface area contributed by atoms with Crippen LogP contribution in [0.2, 0.25) is 0 Å². The first kappa shape index (κ1) is 25.8. The summed E-state index contributed by atoms with van der Waals surface area (Å²) in [5.41, 5.74) is 3.69. The predicted molar refractivity (Wildman–Crippen MR) is 139 cm³/mol. The average molecular weight is 509 g/mol. The van der Waals surface area contributed by atoms with Gasteiger partial charge in [0, 0.05) is 11.3 Å². The van der Waals surface area contributed by atoms with Crippen molar-refractivity contribution in [3.8, 4) is 34.1 Å². The van der Waals surface area contributed by atoms with E-state index in [0.717, 1.165) is 11.1 Å². The van der Waals surface area contributed by atoms with Gasteiger partial charge in [-0.25, -0.2) is 9.18 Å². The van der Waals surface area contributed by atoms with Crippen molar-refractivity contribution in [1.82, 2.24) is 5.32 Å². The Bertz CT molecular complexity index is 1410. The third-order valence-corrected chi connectivity index (χ3v) is 6.46. The molecular formula is C28H29FN2O6. The summed E-state index contributed by atoms with van der Waals surface area (Å²) >= 11 is 0. The second-order valence-electron chi connectivity index (χ2n) is 8.61. The number of anilines is 1. The molecule has 0 spiro atoms. The van der Waals surface area contributed by atoms with Crippen LogP contribution in [0.1, 0.15) is 29.2 Å². The summed E-state index contributed by atoms with van der Waals surface area (Å²) in [6.45, 7) is 1.71. The van der Waals surface area contributed by atoms with Crippen LogP contribution in [0.5, 0.6) is 23.0 Å². The van der Waals surface area contributed by atoms with Gasteiger partial charge in [-0.1, -0.05) is 6.07 Å². The molecule has 4 rings (SSSR count). The fraction of sp³-hybridized carbons (Fsp3) is 0.286. The number of rotatable bonds is 6. The number of nitrogens with one attached hydrogen (secondary N) is 2. The van der Waals surface area contributed by atoms with Crippen molar-refractivity contribution in [3.05, 3.63) is 75.2 Å². The Morgan fingerprint density at radius 3 is 2.30 bits per heavy atom. The summed E-state index contributed by atoms with van der Waals surface area (Å²) in [4.78, 5) is 26.0. The largest absolute Gasteiger partial charge is 0.493 e. The number of halogens is 1. The van der Waals surface area contributed by atoms with Crippen molar-refractivity contribution < 1.29 is 28.1 Å². The first-order valence-corrected chi connectivity index (χ1v) is 11.7. The number of benzene rings is 2. The summed E-state index contributed by atoms with van der Waals surface area (Å²) in [7, 11) is 6.05. The van der Waals surface area contributed by atoms with Crippen LogP contribution in [0.15, 0.2) is 47.3 Å². The van der Waals surface area contributed by atoms with Crippen LogP contribution in [0.3, 0.4) is 0 Å². The van der Waals surface area contributed by atoms with Crippen molar-refractivity contribution in [2.24, 2.45) is 0 Å². The standard InChI is InChI=1S/C28H29FN2O6/c1-15-12-17(29)7-10-20(15)30-28(33)31-21-9-6-16-13-24(35-3)26(36-4)27(37-5)25(16)18-8-11-23(34-2)22(32)14-19(18)21/h7-8,10-14,21H,6,9H2,1-5H3,(H2,30,31,33)/t21-/m0/s1. The fourth-order valence-corrected chi connectivity index (χ4v) is 4.70. The molecule has 194 valence electrons. The van der Waals surface area contributed by atoms with Crippen LogP contribution in [0.4, 0.5) is 14.9 Å². The molecule has 1 atom stereocenters. The minimum absolute atomic E-state index is 0.166. The quantitative estimate of drug-likeness (QED) is 0.486. The molecule has 9 heteroatoms. The molecular weight excluding hydrogens is 479 g/mol. The molecule has 3 aromatic rings. The Labute approximate surface area is 214 Å². The van der Waals surface area contributed by atoms with Crippen molar-refractivity contribution in [3.63, 3.8) is 0 Å². The highest BCUT2D eigenvalue weighted by molar-refractivity contribution is 5.91. The zero-order valence-electron chi connectivity index (χ0n) is 21.4. The lowest BCUT2D eigenvalue weighted by Crippen LogP contribution is -2.33. The highest BCUT2D eigenvalue weighted by Crippen LogP contribution is 2.50. The highest BCUT2D eigenvalue weighted by Gasteiger charge is 2.30. The first-order chi connectivity index (χ1) is 17.8. The molecule has 1 aliphatic rings. The van der Waals surface area contributed by atoms with Crippen LogP contribution in [0, 0.1) is 12.7 Å². The molecule has 37 heavy (non-hydrogen) atoms. The molecule has 2 N–H and O–H groups in total. The third kappa shape index (κ3) is 5.02. The summed E-state index contributed by atoms with van der Waals surface area (Å²) in [5.74, 6) is 1.18. The molecule has 0 heterocycles. The Hall–Kier alpha value is -4.27. The number of ether oxygens (including phenoxy) is 4. The minimum atomic E-state index is -0.533. The average Bonchev–Trinajstić information content (AvgIpc) is 3.13. The van der Waals surface area contributed by atoms with E-state index in [4.69, 9.17) is 18.9 Å². The van der Waals surface area contributed by atoms with Crippen molar-refractivity contribution in [2.75, 3.05) is 33.8 Å². The summed E-state index contributed by atoms with van der Waals surface area (Å²) in [6, 6.07) is 9.86. The zero-order chi connectivity index (χ0) is 26.7. The summed E-state index contributed by atoms with van der Waals surface area (Å²) in [6.07, 6.45) is 1.04. The number of fused-ring (bicyclic) bond motifs is 3. The molecule has 2 amide bonds. The lowest BCUT2D eigenvalue weighted by molar-refractivity contribution is 0.248. The number of methoxy groups -OCH3 is 4. The van der Waals surface area contributed by atoms with Gasteiger partial charge in [-0.05, 0) is 78.4 Å². The molecule has 0 bridgehead atoms. The van der Waals surface area contributed by atoms with Gasteiger partial charge in [0.1, 0.15) is 5.82 Å². The number of carbonyl (C=O) groups excluding carboxylic acids is 1. The Balaban J connectivity index is 1.84. The number of aryl methyl sites for hydroxylation is 2. The van der Waals surface area contributed by atoms with Crippen LogP contribution >= 0.6 is 0 Å². The van der Waals surface area contributed by atoms with Crippen molar-refractivity contribution in [2.45, 2.75) is 25.8 Å². The fourth-order valence-electron chi connectivity index (χ4n) is 4.70.